The van der Waals surface area contributed by atoms with Gasteiger partial charge in [0.05, 0.1) is 0 Å². The number of aryl methyl sites for hydroxylation is 1. The monoisotopic (exact) mass is 132 g/mol. The molecule has 10 heavy (non-hydrogen) atoms. The Labute approximate surface area is 62.7 Å². The molecular formula is C10H12. The van der Waals surface area contributed by atoms with Gasteiger partial charge in [-0.3, -0.25) is 0 Å². The Morgan fingerprint density at radius 2 is 2.30 bits per heavy atom. The molecule has 0 aromatic heterocycles. The maximum atomic E-state index is 2.22. The maximum absolute atomic E-state index is 2.22. The van der Waals surface area contributed by atoms with Crippen LogP contribution in [0.2, 0.25) is 0 Å². The lowest BCUT2D eigenvalue weighted by Crippen LogP contribution is -1.83. The van der Waals surface area contributed by atoms with Crippen LogP contribution < -0.4 is 0 Å². The molecule has 0 unspecified atom stereocenters. The molecule has 0 heterocycles. The average molecular weight is 132 g/mol. The third kappa shape index (κ3) is 0.688. The summed E-state index contributed by atoms with van der Waals surface area (Å²) in [6.07, 6.45) is 5.55. The summed E-state index contributed by atoms with van der Waals surface area (Å²) in [7, 11) is 0. The highest BCUT2D eigenvalue weighted by molar-refractivity contribution is 5.62. The van der Waals surface area contributed by atoms with Crippen molar-refractivity contribution in [1.82, 2.24) is 0 Å². The fourth-order valence-electron chi connectivity index (χ4n) is 1.46. The summed E-state index contributed by atoms with van der Waals surface area (Å²) < 4.78 is 0. The van der Waals surface area contributed by atoms with E-state index < -0.39 is 0 Å². The molecule has 52 valence electrons. The fraction of sp³-hybridized carbons (Fsp3) is 0.200. The van der Waals surface area contributed by atoms with E-state index in [1.54, 1.807) is 0 Å². The third-order valence-corrected chi connectivity index (χ3v) is 2.04. The predicted octanol–water partition coefficient (Wildman–Crippen LogP) is 2.81. The molecule has 2 rings (SSSR count). The first-order valence-corrected chi connectivity index (χ1v) is 3.63. The molecular weight excluding hydrogens is 120 g/mol. The Morgan fingerprint density at radius 3 is 3.10 bits per heavy atom. The van der Waals surface area contributed by atoms with Crippen molar-refractivity contribution >= 4 is 6.08 Å². The molecule has 0 saturated carbocycles. The van der Waals surface area contributed by atoms with Crippen molar-refractivity contribution in [2.45, 2.75) is 13.3 Å². The highest BCUT2D eigenvalue weighted by Crippen LogP contribution is 2.21. The van der Waals surface area contributed by atoms with E-state index in [4.69, 9.17) is 0 Å². The van der Waals surface area contributed by atoms with E-state index in [0.717, 1.165) is 6.42 Å². The molecule has 0 aliphatic heterocycles. The molecule has 0 spiro atoms. The van der Waals surface area contributed by atoms with E-state index in [-0.39, 0.29) is 1.43 Å². The standard InChI is InChI=1S/C10H10.H2/c1-8-4-2-5-9-6-3-7-10(8)9;/h2-5,7H,6H2,1H3;1H. The molecule has 0 fully saturated rings. The molecule has 1 aromatic rings. The van der Waals surface area contributed by atoms with Gasteiger partial charge >= 0.3 is 0 Å². The number of hydrogen-bond acceptors (Lipinski definition) is 0. The van der Waals surface area contributed by atoms with Crippen molar-refractivity contribution in [2.24, 2.45) is 0 Å². The number of allylic oxidation sites excluding steroid dienone is 1. The molecule has 0 N–H and O–H groups in total. The van der Waals surface area contributed by atoms with Crippen LogP contribution in [0.5, 0.6) is 0 Å². The normalized spacial score (nSPS) is 13.7. The molecule has 0 nitrogen and oxygen atoms in total. The zero-order valence-corrected chi connectivity index (χ0v) is 6.09. The van der Waals surface area contributed by atoms with Gasteiger partial charge in [-0.2, -0.15) is 0 Å². The van der Waals surface area contributed by atoms with Crippen molar-refractivity contribution in [1.29, 1.82) is 0 Å². The van der Waals surface area contributed by atoms with Crippen molar-refractivity contribution in [3.8, 4) is 0 Å². The summed E-state index contributed by atoms with van der Waals surface area (Å²) in [6.45, 7) is 2.16. The van der Waals surface area contributed by atoms with Gasteiger partial charge in [0.1, 0.15) is 0 Å². The van der Waals surface area contributed by atoms with E-state index in [1.165, 1.54) is 16.7 Å². The van der Waals surface area contributed by atoms with Gasteiger partial charge in [0, 0.05) is 1.43 Å². The third-order valence-electron chi connectivity index (χ3n) is 2.04. The van der Waals surface area contributed by atoms with Gasteiger partial charge in [0.15, 0.2) is 0 Å². The van der Waals surface area contributed by atoms with Crippen LogP contribution in [-0.2, 0) is 6.42 Å². The Hall–Kier alpha value is -1.04. The zero-order chi connectivity index (χ0) is 6.97. The first kappa shape index (κ1) is 5.72. The lowest BCUT2D eigenvalue weighted by molar-refractivity contribution is 1.28. The van der Waals surface area contributed by atoms with Gasteiger partial charge < -0.3 is 0 Å². The lowest BCUT2D eigenvalue weighted by atomic mass is 10.1. The SMILES string of the molecule is Cc1cccc2c1C=CC2.[HH]. The van der Waals surface area contributed by atoms with Crippen molar-refractivity contribution in [2.75, 3.05) is 0 Å². The first-order valence-electron chi connectivity index (χ1n) is 3.63. The number of fused-ring (bicyclic) bond motifs is 1. The van der Waals surface area contributed by atoms with Crippen LogP contribution in [0.25, 0.3) is 6.08 Å². The van der Waals surface area contributed by atoms with Gasteiger partial charge in [-0.05, 0) is 30.0 Å². The van der Waals surface area contributed by atoms with Crippen LogP contribution in [0.4, 0.5) is 0 Å². The minimum absolute atomic E-state index is 0. The minimum atomic E-state index is 0. The molecule has 0 heteroatoms. The summed E-state index contributed by atoms with van der Waals surface area (Å²) in [5.74, 6) is 0. The second-order valence-corrected chi connectivity index (χ2v) is 2.75. The Balaban J connectivity index is 0.000000605. The van der Waals surface area contributed by atoms with E-state index in [9.17, 15) is 0 Å². The largest absolute Gasteiger partial charge is 0.0795 e. The fourth-order valence-corrected chi connectivity index (χ4v) is 1.46. The smallest absolute Gasteiger partial charge is 0 e. The van der Waals surface area contributed by atoms with Gasteiger partial charge in [-0.15, -0.1) is 0 Å². The quantitative estimate of drug-likeness (QED) is 0.509. The van der Waals surface area contributed by atoms with E-state index in [0.29, 0.717) is 0 Å². The van der Waals surface area contributed by atoms with E-state index in [1.807, 2.05) is 0 Å². The van der Waals surface area contributed by atoms with Crippen molar-refractivity contribution in [3.63, 3.8) is 0 Å². The summed E-state index contributed by atoms with van der Waals surface area (Å²) in [4.78, 5) is 0. The average Bonchev–Trinajstić information content (AvgIpc) is 2.36. The predicted molar refractivity (Wildman–Crippen MR) is 46.0 cm³/mol. The van der Waals surface area contributed by atoms with E-state index >= 15 is 0 Å². The summed E-state index contributed by atoms with van der Waals surface area (Å²) >= 11 is 0. The zero-order valence-electron chi connectivity index (χ0n) is 6.09. The van der Waals surface area contributed by atoms with E-state index in [2.05, 4.69) is 37.3 Å². The van der Waals surface area contributed by atoms with Gasteiger partial charge in [-0.1, -0.05) is 30.4 Å². The summed E-state index contributed by atoms with van der Waals surface area (Å²) in [5.41, 5.74) is 4.30. The van der Waals surface area contributed by atoms with Crippen molar-refractivity contribution in [3.05, 3.63) is 41.0 Å². The second kappa shape index (κ2) is 1.98. The Kier molecular flexibility index (Phi) is 1.13. The topological polar surface area (TPSA) is 0 Å². The highest BCUT2D eigenvalue weighted by Gasteiger charge is 2.04. The Morgan fingerprint density at radius 1 is 1.40 bits per heavy atom. The van der Waals surface area contributed by atoms with Crippen molar-refractivity contribution < 1.29 is 1.43 Å². The van der Waals surface area contributed by atoms with Gasteiger partial charge in [-0.25, -0.2) is 0 Å². The summed E-state index contributed by atoms with van der Waals surface area (Å²) in [5, 5.41) is 0. The van der Waals surface area contributed by atoms with Crippen LogP contribution in [-0.4, -0.2) is 0 Å². The highest BCUT2D eigenvalue weighted by atomic mass is 14.1. The molecule has 0 amide bonds. The molecule has 0 saturated heterocycles. The molecule has 0 bridgehead atoms. The van der Waals surface area contributed by atoms with Crippen LogP contribution in [0, 0.1) is 6.92 Å². The first-order chi connectivity index (χ1) is 4.88. The second-order valence-electron chi connectivity index (χ2n) is 2.75. The molecule has 1 aliphatic rings. The molecule has 1 aliphatic carbocycles. The lowest BCUT2D eigenvalue weighted by Gasteiger charge is -2.00. The van der Waals surface area contributed by atoms with Crippen LogP contribution >= 0.6 is 0 Å². The molecule has 0 atom stereocenters. The number of benzene rings is 1. The number of hydrogen-bond donors (Lipinski definition) is 0. The molecule has 1 aromatic carbocycles. The number of rotatable bonds is 0. The minimum Gasteiger partial charge on any atom is -0.0795 e. The van der Waals surface area contributed by atoms with Gasteiger partial charge in [0.2, 0.25) is 0 Å². The van der Waals surface area contributed by atoms with Gasteiger partial charge in [0.25, 0.3) is 0 Å². The van der Waals surface area contributed by atoms with Crippen LogP contribution in [0.3, 0.4) is 0 Å². The summed E-state index contributed by atoms with van der Waals surface area (Å²) in [6, 6.07) is 6.48. The molecule has 0 radical (unpaired) electrons. The maximum Gasteiger partial charge on any atom is 0 e. The Bertz CT molecular complexity index is 287. The van der Waals surface area contributed by atoms with Crippen LogP contribution in [0.1, 0.15) is 18.1 Å². The van der Waals surface area contributed by atoms with Crippen LogP contribution in [0.15, 0.2) is 24.3 Å².